The topological polar surface area (TPSA) is 82.2 Å². The molecule has 0 atom stereocenters. The highest BCUT2D eigenvalue weighted by Gasteiger charge is 2.14. The lowest BCUT2D eigenvalue weighted by atomic mass is 10.2. The molecular formula is C24H25N7O. The lowest BCUT2D eigenvalue weighted by molar-refractivity contribution is 0.410. The predicted molar refractivity (Wildman–Crippen MR) is 124 cm³/mol. The number of rotatable bonds is 7. The second kappa shape index (κ2) is 8.30. The molecule has 0 radical (unpaired) electrons. The molecular weight excluding hydrogens is 402 g/mol. The second-order valence-corrected chi connectivity index (χ2v) is 7.78. The van der Waals surface area contributed by atoms with Gasteiger partial charge in [-0.05, 0) is 38.1 Å². The van der Waals surface area contributed by atoms with Crippen molar-refractivity contribution in [1.29, 1.82) is 0 Å². The summed E-state index contributed by atoms with van der Waals surface area (Å²) in [6.45, 7) is 5.36. The lowest BCUT2D eigenvalue weighted by Gasteiger charge is -2.11. The SMILES string of the molecule is COc1ccccc1CNc1nc2ccccc2c2nc(CCn3nc(C)cc3C)nn12. The summed E-state index contributed by atoms with van der Waals surface area (Å²) in [6.07, 6.45) is 0.684. The van der Waals surface area contributed by atoms with E-state index in [4.69, 9.17) is 19.8 Å². The zero-order valence-corrected chi connectivity index (χ0v) is 18.4. The molecule has 0 saturated carbocycles. The van der Waals surface area contributed by atoms with Crippen LogP contribution in [-0.2, 0) is 19.5 Å². The molecule has 0 aliphatic heterocycles. The molecule has 0 bridgehead atoms. The van der Waals surface area contributed by atoms with Gasteiger partial charge in [-0.3, -0.25) is 4.68 Å². The number of anilines is 1. The predicted octanol–water partition coefficient (Wildman–Crippen LogP) is 3.95. The van der Waals surface area contributed by atoms with Gasteiger partial charge < -0.3 is 10.1 Å². The summed E-state index contributed by atoms with van der Waals surface area (Å²) in [6, 6.07) is 18.0. The van der Waals surface area contributed by atoms with Crippen molar-refractivity contribution in [3.05, 3.63) is 77.4 Å². The Kier molecular flexibility index (Phi) is 5.18. The lowest BCUT2D eigenvalue weighted by Crippen LogP contribution is -2.09. The maximum Gasteiger partial charge on any atom is 0.226 e. The van der Waals surface area contributed by atoms with Crippen molar-refractivity contribution in [2.75, 3.05) is 12.4 Å². The molecule has 8 heteroatoms. The van der Waals surface area contributed by atoms with Crippen LogP contribution in [0.15, 0.2) is 54.6 Å². The van der Waals surface area contributed by atoms with Gasteiger partial charge in [-0.15, -0.1) is 5.10 Å². The summed E-state index contributed by atoms with van der Waals surface area (Å²) in [5.41, 5.74) is 4.87. The van der Waals surface area contributed by atoms with E-state index in [2.05, 4.69) is 23.4 Å². The molecule has 0 aliphatic carbocycles. The van der Waals surface area contributed by atoms with Crippen LogP contribution in [0.2, 0.25) is 0 Å². The van der Waals surface area contributed by atoms with E-state index in [9.17, 15) is 0 Å². The fourth-order valence-corrected chi connectivity index (χ4v) is 3.95. The van der Waals surface area contributed by atoms with Crippen molar-refractivity contribution < 1.29 is 4.74 Å². The summed E-state index contributed by atoms with van der Waals surface area (Å²) < 4.78 is 9.28. The third-order valence-electron chi connectivity index (χ3n) is 5.50. The van der Waals surface area contributed by atoms with Crippen molar-refractivity contribution >= 4 is 22.5 Å². The molecule has 0 amide bonds. The zero-order valence-electron chi connectivity index (χ0n) is 18.4. The molecule has 2 aromatic carbocycles. The van der Waals surface area contributed by atoms with E-state index >= 15 is 0 Å². The van der Waals surface area contributed by atoms with Crippen molar-refractivity contribution in [3.8, 4) is 5.75 Å². The van der Waals surface area contributed by atoms with Crippen molar-refractivity contribution in [1.82, 2.24) is 29.4 Å². The van der Waals surface area contributed by atoms with Gasteiger partial charge in [-0.1, -0.05) is 30.3 Å². The van der Waals surface area contributed by atoms with Gasteiger partial charge in [0.1, 0.15) is 5.75 Å². The highest BCUT2D eigenvalue weighted by atomic mass is 16.5. The Morgan fingerprint density at radius 3 is 2.59 bits per heavy atom. The number of nitrogens with one attached hydrogen (secondary N) is 1. The van der Waals surface area contributed by atoms with E-state index in [1.54, 1.807) is 11.6 Å². The number of aromatic nitrogens is 6. The average Bonchev–Trinajstić information content (AvgIpc) is 3.38. The number of aryl methyl sites for hydroxylation is 4. The minimum atomic E-state index is 0.561. The third kappa shape index (κ3) is 3.75. The highest BCUT2D eigenvalue weighted by molar-refractivity contribution is 5.92. The van der Waals surface area contributed by atoms with Gasteiger partial charge in [0.2, 0.25) is 5.95 Å². The van der Waals surface area contributed by atoms with E-state index in [0.29, 0.717) is 18.9 Å². The summed E-state index contributed by atoms with van der Waals surface area (Å²) >= 11 is 0. The van der Waals surface area contributed by atoms with Gasteiger partial charge in [0.15, 0.2) is 11.5 Å². The molecule has 32 heavy (non-hydrogen) atoms. The number of hydrogen-bond donors (Lipinski definition) is 1. The van der Waals surface area contributed by atoms with Crippen LogP contribution < -0.4 is 10.1 Å². The quantitative estimate of drug-likeness (QED) is 0.423. The van der Waals surface area contributed by atoms with Crippen LogP contribution in [0.5, 0.6) is 5.75 Å². The fraction of sp³-hybridized carbons (Fsp3) is 0.250. The first-order valence-electron chi connectivity index (χ1n) is 10.6. The van der Waals surface area contributed by atoms with Gasteiger partial charge in [0.05, 0.1) is 18.3 Å². The standard InChI is InChI=1S/C24H25N7O/c1-16-14-17(2)30(28-16)13-12-22-27-23-19-9-5-6-10-20(19)26-24(31(23)29-22)25-15-18-8-4-7-11-21(18)32-3/h4-11,14H,12-13,15H2,1-3H3,(H,25,26). The first-order chi connectivity index (χ1) is 15.6. The highest BCUT2D eigenvalue weighted by Crippen LogP contribution is 2.23. The van der Waals surface area contributed by atoms with E-state index in [0.717, 1.165) is 51.6 Å². The Hall–Kier alpha value is -3.94. The van der Waals surface area contributed by atoms with Crippen LogP contribution >= 0.6 is 0 Å². The molecule has 3 heterocycles. The fourth-order valence-electron chi connectivity index (χ4n) is 3.95. The molecule has 3 aromatic heterocycles. The number of methoxy groups -OCH3 is 1. The smallest absolute Gasteiger partial charge is 0.226 e. The number of hydrogen-bond acceptors (Lipinski definition) is 6. The van der Waals surface area contributed by atoms with E-state index < -0.39 is 0 Å². The van der Waals surface area contributed by atoms with Crippen LogP contribution in [0.4, 0.5) is 5.95 Å². The maximum absolute atomic E-state index is 5.48. The molecule has 0 unspecified atom stereocenters. The van der Waals surface area contributed by atoms with Crippen LogP contribution in [0.25, 0.3) is 16.6 Å². The van der Waals surface area contributed by atoms with Gasteiger partial charge in [0, 0.05) is 36.2 Å². The monoisotopic (exact) mass is 427 g/mol. The Balaban J connectivity index is 1.49. The third-order valence-corrected chi connectivity index (χ3v) is 5.50. The number of benzene rings is 2. The largest absolute Gasteiger partial charge is 0.496 e. The van der Waals surface area contributed by atoms with Gasteiger partial charge >= 0.3 is 0 Å². The van der Waals surface area contributed by atoms with Crippen LogP contribution in [0, 0.1) is 13.8 Å². The molecule has 162 valence electrons. The molecule has 0 aliphatic rings. The maximum atomic E-state index is 5.48. The van der Waals surface area contributed by atoms with Crippen LogP contribution in [-0.4, -0.2) is 36.5 Å². The summed E-state index contributed by atoms with van der Waals surface area (Å²) in [4.78, 5) is 9.66. The molecule has 0 saturated heterocycles. The van der Waals surface area contributed by atoms with Crippen molar-refractivity contribution in [3.63, 3.8) is 0 Å². The zero-order chi connectivity index (χ0) is 22.1. The van der Waals surface area contributed by atoms with Crippen LogP contribution in [0.1, 0.15) is 22.8 Å². The minimum Gasteiger partial charge on any atom is -0.496 e. The first kappa shape index (κ1) is 20.0. The van der Waals surface area contributed by atoms with E-state index in [-0.39, 0.29) is 0 Å². The van der Waals surface area contributed by atoms with Crippen molar-refractivity contribution in [2.45, 2.75) is 33.4 Å². The summed E-state index contributed by atoms with van der Waals surface area (Å²) in [5, 5.41) is 13.7. The Labute approximate surface area is 185 Å². The average molecular weight is 428 g/mol. The number of nitrogens with zero attached hydrogens (tertiary/aromatic N) is 6. The van der Waals surface area contributed by atoms with Gasteiger partial charge in [-0.25, -0.2) is 9.97 Å². The Bertz CT molecular complexity index is 1400. The first-order valence-corrected chi connectivity index (χ1v) is 10.6. The number of ether oxygens (including phenoxy) is 1. The molecule has 0 spiro atoms. The Morgan fingerprint density at radius 1 is 0.969 bits per heavy atom. The summed E-state index contributed by atoms with van der Waals surface area (Å²) in [7, 11) is 1.68. The number of fused-ring (bicyclic) bond motifs is 3. The molecule has 5 rings (SSSR count). The second-order valence-electron chi connectivity index (χ2n) is 7.78. The Morgan fingerprint density at radius 2 is 1.78 bits per heavy atom. The minimum absolute atomic E-state index is 0.561. The summed E-state index contributed by atoms with van der Waals surface area (Å²) in [5.74, 6) is 2.24. The normalized spacial score (nSPS) is 11.3. The molecule has 5 aromatic rings. The van der Waals surface area contributed by atoms with Crippen LogP contribution in [0.3, 0.4) is 0 Å². The van der Waals surface area contributed by atoms with E-state index in [1.165, 1.54) is 0 Å². The molecule has 0 fully saturated rings. The number of para-hydroxylation sites is 2. The molecule has 8 nitrogen and oxygen atoms in total. The molecule has 1 N–H and O–H groups in total. The van der Waals surface area contributed by atoms with Crippen molar-refractivity contribution in [2.24, 2.45) is 0 Å². The van der Waals surface area contributed by atoms with Gasteiger partial charge in [-0.2, -0.15) is 9.61 Å². The van der Waals surface area contributed by atoms with Gasteiger partial charge in [0.25, 0.3) is 0 Å². The van der Waals surface area contributed by atoms with E-state index in [1.807, 2.05) is 60.1 Å².